The molecule has 0 aliphatic heterocycles. The van der Waals surface area contributed by atoms with Crippen molar-refractivity contribution < 1.29 is 0 Å². The number of para-hydroxylation sites is 1. The third-order valence-electron chi connectivity index (χ3n) is 5.66. The van der Waals surface area contributed by atoms with Crippen LogP contribution >= 0.6 is 0 Å². The van der Waals surface area contributed by atoms with E-state index < -0.39 is 0 Å². The van der Waals surface area contributed by atoms with Crippen LogP contribution in [0.15, 0.2) is 66.9 Å². The van der Waals surface area contributed by atoms with E-state index in [0.717, 1.165) is 24.2 Å². The van der Waals surface area contributed by atoms with Gasteiger partial charge in [0, 0.05) is 22.5 Å². The second kappa shape index (κ2) is 6.49. The highest BCUT2D eigenvalue weighted by molar-refractivity contribution is 6.11. The zero-order chi connectivity index (χ0) is 19.3. The highest BCUT2D eigenvalue weighted by atomic mass is 15.0. The second-order valence-corrected chi connectivity index (χ2v) is 7.75. The van der Waals surface area contributed by atoms with Gasteiger partial charge in [-0.3, -0.25) is 4.40 Å². The Morgan fingerprint density at radius 2 is 1.57 bits per heavy atom. The van der Waals surface area contributed by atoms with Crippen molar-refractivity contribution in [3.8, 4) is 11.3 Å². The summed E-state index contributed by atoms with van der Waals surface area (Å²) in [6, 6.07) is 21.8. The van der Waals surface area contributed by atoms with Crippen LogP contribution in [0.4, 0.5) is 0 Å². The van der Waals surface area contributed by atoms with Gasteiger partial charge in [0.25, 0.3) is 0 Å². The lowest BCUT2D eigenvalue weighted by atomic mass is 9.94. The molecule has 0 aliphatic rings. The lowest BCUT2D eigenvalue weighted by Gasteiger charge is -2.11. The van der Waals surface area contributed by atoms with Gasteiger partial charge in [0.15, 0.2) is 0 Å². The highest BCUT2D eigenvalue weighted by Gasteiger charge is 2.16. The molecule has 0 bridgehead atoms. The maximum atomic E-state index is 5.16. The van der Waals surface area contributed by atoms with Crippen LogP contribution in [0.2, 0.25) is 0 Å². The van der Waals surface area contributed by atoms with E-state index >= 15 is 0 Å². The van der Waals surface area contributed by atoms with Crippen LogP contribution < -0.4 is 0 Å². The van der Waals surface area contributed by atoms with E-state index in [4.69, 9.17) is 4.98 Å². The Bertz CT molecular complexity index is 1270. The lowest BCUT2D eigenvalue weighted by Crippen LogP contribution is -1.95. The average molecular weight is 364 g/mol. The first kappa shape index (κ1) is 17.0. The number of aryl methyl sites for hydroxylation is 3. The van der Waals surface area contributed by atoms with Crippen molar-refractivity contribution in [2.24, 2.45) is 0 Å². The minimum absolute atomic E-state index is 1.03. The average Bonchev–Trinajstić information content (AvgIpc) is 3.13. The Morgan fingerprint density at radius 1 is 0.857 bits per heavy atom. The number of imidazole rings is 1. The maximum Gasteiger partial charge on any atom is 0.145 e. The predicted molar refractivity (Wildman–Crippen MR) is 119 cm³/mol. The van der Waals surface area contributed by atoms with E-state index in [1.165, 1.54) is 43.9 Å². The van der Waals surface area contributed by atoms with Gasteiger partial charge >= 0.3 is 0 Å². The van der Waals surface area contributed by atoms with Gasteiger partial charge in [0.2, 0.25) is 0 Å². The molecule has 28 heavy (non-hydrogen) atoms. The van der Waals surface area contributed by atoms with Crippen molar-refractivity contribution in [3.05, 3.63) is 83.6 Å². The Hall–Kier alpha value is -3.13. The SMILES string of the molecule is CCCc1cc(C)cc(C)c1-c1cn2c3ccccc3c3ccccc3c2n1. The fourth-order valence-corrected chi connectivity index (χ4v) is 4.59. The minimum Gasteiger partial charge on any atom is -0.298 e. The van der Waals surface area contributed by atoms with Gasteiger partial charge < -0.3 is 0 Å². The molecule has 0 aliphatic carbocycles. The van der Waals surface area contributed by atoms with E-state index in [1.807, 2.05) is 0 Å². The molecule has 2 aromatic heterocycles. The third kappa shape index (κ3) is 2.52. The Balaban J connectivity index is 1.90. The minimum atomic E-state index is 1.03. The molecular weight excluding hydrogens is 340 g/mol. The molecule has 2 nitrogen and oxygen atoms in total. The standard InChI is InChI=1S/C26H24N2/c1-4-9-19-15-17(2)14-18(3)25(19)23-16-28-24-13-8-7-11-21(24)20-10-5-6-12-22(20)26(28)27-23/h5-8,10-16H,4,9H2,1-3H3. The summed E-state index contributed by atoms with van der Waals surface area (Å²) in [6.45, 7) is 6.63. The van der Waals surface area contributed by atoms with Crippen LogP contribution in [0, 0.1) is 13.8 Å². The Kier molecular flexibility index (Phi) is 3.94. The van der Waals surface area contributed by atoms with Gasteiger partial charge in [-0.05, 0) is 42.8 Å². The summed E-state index contributed by atoms with van der Waals surface area (Å²) in [6.07, 6.45) is 4.43. The number of nitrogens with zero attached hydrogens (tertiary/aromatic N) is 2. The van der Waals surface area contributed by atoms with E-state index in [2.05, 4.69) is 92.0 Å². The van der Waals surface area contributed by atoms with Crippen LogP contribution in [-0.4, -0.2) is 9.38 Å². The largest absolute Gasteiger partial charge is 0.298 e. The van der Waals surface area contributed by atoms with Crippen molar-refractivity contribution in [2.75, 3.05) is 0 Å². The van der Waals surface area contributed by atoms with Crippen LogP contribution in [0.25, 0.3) is 38.6 Å². The molecule has 0 N–H and O–H groups in total. The highest BCUT2D eigenvalue weighted by Crippen LogP contribution is 2.34. The molecule has 0 fully saturated rings. The molecular formula is C26H24N2. The van der Waals surface area contributed by atoms with Crippen LogP contribution in [0.1, 0.15) is 30.0 Å². The van der Waals surface area contributed by atoms with Crippen LogP contribution in [-0.2, 0) is 6.42 Å². The van der Waals surface area contributed by atoms with Gasteiger partial charge in [-0.15, -0.1) is 0 Å². The predicted octanol–water partition coefficient (Wildman–Crippen LogP) is 6.88. The van der Waals surface area contributed by atoms with Gasteiger partial charge in [0.1, 0.15) is 5.65 Å². The van der Waals surface area contributed by atoms with E-state index in [0.29, 0.717) is 0 Å². The first-order valence-electron chi connectivity index (χ1n) is 10.1. The number of fused-ring (bicyclic) bond motifs is 6. The normalized spacial score (nSPS) is 11.7. The lowest BCUT2D eigenvalue weighted by molar-refractivity contribution is 0.919. The number of hydrogen-bond acceptors (Lipinski definition) is 1. The molecule has 0 atom stereocenters. The number of benzene rings is 3. The maximum absolute atomic E-state index is 5.16. The summed E-state index contributed by atoms with van der Waals surface area (Å²) in [4.78, 5) is 5.16. The number of pyridine rings is 1. The van der Waals surface area contributed by atoms with Crippen molar-refractivity contribution in [1.29, 1.82) is 0 Å². The number of aromatic nitrogens is 2. The monoisotopic (exact) mass is 364 g/mol. The quantitative estimate of drug-likeness (QED) is 0.319. The first-order valence-corrected chi connectivity index (χ1v) is 10.1. The van der Waals surface area contributed by atoms with E-state index in [1.54, 1.807) is 0 Å². The fourth-order valence-electron chi connectivity index (χ4n) is 4.59. The molecule has 0 saturated carbocycles. The van der Waals surface area contributed by atoms with Gasteiger partial charge in [-0.1, -0.05) is 73.5 Å². The smallest absolute Gasteiger partial charge is 0.145 e. The van der Waals surface area contributed by atoms with E-state index in [9.17, 15) is 0 Å². The Morgan fingerprint density at radius 3 is 2.36 bits per heavy atom. The topological polar surface area (TPSA) is 17.3 Å². The molecule has 0 saturated heterocycles. The molecule has 138 valence electrons. The molecule has 3 aromatic carbocycles. The molecule has 2 heteroatoms. The number of hydrogen-bond donors (Lipinski definition) is 0. The zero-order valence-corrected chi connectivity index (χ0v) is 16.7. The van der Waals surface area contributed by atoms with Crippen molar-refractivity contribution >= 4 is 27.3 Å². The summed E-state index contributed by atoms with van der Waals surface area (Å²) in [7, 11) is 0. The molecule has 0 spiro atoms. The summed E-state index contributed by atoms with van der Waals surface area (Å²) in [5, 5.41) is 3.73. The summed E-state index contributed by atoms with van der Waals surface area (Å²) in [5.41, 5.74) is 8.64. The number of rotatable bonds is 3. The molecule has 0 amide bonds. The van der Waals surface area contributed by atoms with Crippen molar-refractivity contribution in [2.45, 2.75) is 33.6 Å². The van der Waals surface area contributed by atoms with Gasteiger partial charge in [0.05, 0.1) is 11.2 Å². The van der Waals surface area contributed by atoms with Crippen molar-refractivity contribution in [1.82, 2.24) is 9.38 Å². The molecule has 5 aromatic rings. The third-order valence-corrected chi connectivity index (χ3v) is 5.66. The van der Waals surface area contributed by atoms with Gasteiger partial charge in [-0.2, -0.15) is 0 Å². The fraction of sp³-hybridized carbons (Fsp3) is 0.192. The summed E-state index contributed by atoms with van der Waals surface area (Å²) >= 11 is 0. The molecule has 2 heterocycles. The zero-order valence-electron chi connectivity index (χ0n) is 16.7. The second-order valence-electron chi connectivity index (χ2n) is 7.75. The summed E-state index contributed by atoms with van der Waals surface area (Å²) in [5.74, 6) is 0. The van der Waals surface area contributed by atoms with Gasteiger partial charge in [-0.25, -0.2) is 4.98 Å². The molecule has 5 rings (SSSR count). The van der Waals surface area contributed by atoms with Crippen molar-refractivity contribution in [3.63, 3.8) is 0 Å². The molecule has 0 unspecified atom stereocenters. The first-order chi connectivity index (χ1) is 13.7. The Labute approximate surface area is 165 Å². The van der Waals surface area contributed by atoms with Crippen LogP contribution in [0.3, 0.4) is 0 Å². The molecule has 0 radical (unpaired) electrons. The van der Waals surface area contributed by atoms with Crippen LogP contribution in [0.5, 0.6) is 0 Å². The van der Waals surface area contributed by atoms with E-state index in [-0.39, 0.29) is 0 Å². The summed E-state index contributed by atoms with van der Waals surface area (Å²) < 4.78 is 2.27.